The van der Waals surface area contributed by atoms with Crippen molar-refractivity contribution < 1.29 is 54.6 Å². The van der Waals surface area contributed by atoms with Crippen molar-refractivity contribution in [1.29, 1.82) is 0 Å². The monoisotopic (exact) mass is 668 g/mol. The molecule has 5 rings (SSSR count). The van der Waals surface area contributed by atoms with Crippen LogP contribution in [0.5, 0.6) is 0 Å². The number of benzene rings is 1. The predicted molar refractivity (Wildman–Crippen MR) is 146 cm³/mol. The molecule has 0 bridgehead atoms. The summed E-state index contributed by atoms with van der Waals surface area (Å²) < 4.78 is 94.8. The van der Waals surface area contributed by atoms with E-state index in [1.54, 1.807) is 4.31 Å². The Kier molecular flexibility index (Phi) is 10.7. The first-order valence-corrected chi connectivity index (χ1v) is 15.0. The Labute approximate surface area is 253 Å². The van der Waals surface area contributed by atoms with Gasteiger partial charge in [-0.05, 0) is 18.4 Å². The summed E-state index contributed by atoms with van der Waals surface area (Å²) in [6.07, 6.45) is -1.55. The number of carbonyl (C=O) groups is 2. The standard InChI is InChI=1S/C22H28N6O2S.2C2HF3O2/c1-25-16-18(14-24-25)17-26-10-8-22(9-11-26)21-23-15-20(19-6-4-3-5-7-19)27(21)12-13-28(22)31(2,29)30;2*3-2(4,5)1(6)7/h3-7,14-16H,8-13,17H2,1-2H3;2*(H,6,7). The van der Waals surface area contributed by atoms with Crippen molar-refractivity contribution in [3.05, 3.63) is 60.3 Å². The van der Waals surface area contributed by atoms with Crippen LogP contribution in [0, 0.1) is 0 Å². The third-order valence-electron chi connectivity index (χ3n) is 7.08. The van der Waals surface area contributed by atoms with Gasteiger partial charge in [-0.2, -0.15) is 35.7 Å². The fraction of sp³-hybridized carbons (Fsp3) is 0.462. The van der Waals surface area contributed by atoms with E-state index >= 15 is 0 Å². The lowest BCUT2D eigenvalue weighted by atomic mass is 9.85. The Hall–Kier alpha value is -3.97. The van der Waals surface area contributed by atoms with Gasteiger partial charge in [0.1, 0.15) is 5.82 Å². The highest BCUT2D eigenvalue weighted by Crippen LogP contribution is 2.43. The van der Waals surface area contributed by atoms with Crippen molar-refractivity contribution >= 4 is 22.0 Å². The maximum atomic E-state index is 12.8. The zero-order chi connectivity index (χ0) is 33.8. The van der Waals surface area contributed by atoms with Crippen LogP contribution in [0.4, 0.5) is 26.3 Å². The molecule has 2 aliphatic heterocycles. The second-order valence-electron chi connectivity index (χ2n) is 10.3. The number of fused-ring (bicyclic) bond motifs is 2. The van der Waals surface area contributed by atoms with Crippen LogP contribution < -0.4 is 0 Å². The topological polar surface area (TPSA) is 151 Å². The van der Waals surface area contributed by atoms with E-state index in [1.165, 1.54) is 11.8 Å². The second kappa shape index (κ2) is 13.6. The molecule has 45 heavy (non-hydrogen) atoms. The molecule has 248 valence electrons. The van der Waals surface area contributed by atoms with E-state index in [0.717, 1.165) is 49.6 Å². The van der Waals surface area contributed by atoms with Crippen LogP contribution in [-0.4, -0.2) is 97.3 Å². The molecule has 2 aliphatic rings. The molecular formula is C26H30F6N6O6S. The second-order valence-corrected chi connectivity index (χ2v) is 12.2. The molecule has 0 aliphatic carbocycles. The SMILES string of the molecule is Cn1cc(CN2CCC3(CC2)c2ncc(-c4ccccc4)n2CCN3S(C)(=O)=O)cn1.O=C(O)C(F)(F)F.O=C(O)C(F)(F)F. The summed E-state index contributed by atoms with van der Waals surface area (Å²) >= 11 is 0. The van der Waals surface area contributed by atoms with Crippen molar-refractivity contribution in [2.24, 2.45) is 7.05 Å². The van der Waals surface area contributed by atoms with Crippen molar-refractivity contribution in [1.82, 2.24) is 28.5 Å². The van der Waals surface area contributed by atoms with E-state index in [1.807, 2.05) is 48.5 Å². The molecule has 0 saturated carbocycles. The molecule has 0 unspecified atom stereocenters. The quantitative estimate of drug-likeness (QED) is 0.399. The van der Waals surface area contributed by atoms with E-state index in [2.05, 4.69) is 26.7 Å². The van der Waals surface area contributed by atoms with E-state index in [9.17, 15) is 34.8 Å². The van der Waals surface area contributed by atoms with Crippen LogP contribution >= 0.6 is 0 Å². The van der Waals surface area contributed by atoms with Crippen LogP contribution in [-0.2, 0) is 45.3 Å². The molecular weight excluding hydrogens is 638 g/mol. The number of nitrogens with zero attached hydrogens (tertiary/aromatic N) is 6. The Morgan fingerprint density at radius 3 is 1.89 bits per heavy atom. The maximum absolute atomic E-state index is 12.8. The van der Waals surface area contributed by atoms with Crippen LogP contribution in [0.3, 0.4) is 0 Å². The first kappa shape index (κ1) is 35.5. The summed E-state index contributed by atoms with van der Waals surface area (Å²) in [6, 6.07) is 10.2. The van der Waals surface area contributed by atoms with E-state index in [4.69, 9.17) is 24.8 Å². The zero-order valence-electron chi connectivity index (χ0n) is 24.0. The van der Waals surface area contributed by atoms with Crippen LogP contribution in [0.25, 0.3) is 11.3 Å². The lowest BCUT2D eigenvalue weighted by molar-refractivity contribution is -0.193. The average molecular weight is 669 g/mol. The molecule has 1 saturated heterocycles. The summed E-state index contributed by atoms with van der Waals surface area (Å²) in [5, 5.41) is 18.5. The molecule has 0 amide bonds. The number of hydrogen-bond donors (Lipinski definition) is 2. The van der Waals surface area contributed by atoms with Crippen LogP contribution in [0.15, 0.2) is 48.9 Å². The predicted octanol–water partition coefficient (Wildman–Crippen LogP) is 3.32. The van der Waals surface area contributed by atoms with Crippen molar-refractivity contribution in [2.45, 2.75) is 43.8 Å². The molecule has 4 heterocycles. The van der Waals surface area contributed by atoms with Gasteiger partial charge in [0.15, 0.2) is 0 Å². The largest absolute Gasteiger partial charge is 0.490 e. The molecule has 0 radical (unpaired) electrons. The average Bonchev–Trinajstić information content (AvgIpc) is 3.56. The number of alkyl halides is 6. The first-order chi connectivity index (χ1) is 20.8. The van der Waals surface area contributed by atoms with Crippen LogP contribution in [0.1, 0.15) is 24.2 Å². The van der Waals surface area contributed by atoms with Gasteiger partial charge in [0, 0.05) is 51.5 Å². The van der Waals surface area contributed by atoms with Gasteiger partial charge in [-0.3, -0.25) is 9.58 Å². The van der Waals surface area contributed by atoms with Gasteiger partial charge < -0.3 is 14.8 Å². The Bertz CT molecular complexity index is 1560. The summed E-state index contributed by atoms with van der Waals surface area (Å²) in [4.78, 5) is 25.0. The van der Waals surface area contributed by atoms with Gasteiger partial charge in [0.05, 0.1) is 29.9 Å². The molecule has 19 heteroatoms. The minimum Gasteiger partial charge on any atom is -0.475 e. The molecule has 3 aromatic rings. The van der Waals surface area contributed by atoms with Gasteiger partial charge in [-0.25, -0.2) is 23.0 Å². The van der Waals surface area contributed by atoms with Crippen LogP contribution in [0.2, 0.25) is 0 Å². The Morgan fingerprint density at radius 2 is 1.44 bits per heavy atom. The van der Waals surface area contributed by atoms with Gasteiger partial charge in [-0.15, -0.1) is 0 Å². The minimum absolute atomic E-state index is 0.477. The smallest absolute Gasteiger partial charge is 0.475 e. The highest BCUT2D eigenvalue weighted by molar-refractivity contribution is 7.88. The molecule has 1 fully saturated rings. The van der Waals surface area contributed by atoms with Crippen molar-refractivity contribution in [3.63, 3.8) is 0 Å². The number of aryl methyl sites for hydroxylation is 1. The summed E-state index contributed by atoms with van der Waals surface area (Å²) in [5.74, 6) is -4.64. The number of likely N-dealkylation sites (tertiary alicyclic amines) is 1. The first-order valence-electron chi connectivity index (χ1n) is 13.1. The van der Waals surface area contributed by atoms with Gasteiger partial charge >= 0.3 is 24.3 Å². The molecule has 1 aromatic carbocycles. The maximum Gasteiger partial charge on any atom is 0.490 e. The fourth-order valence-corrected chi connectivity index (χ4v) is 6.49. The molecule has 1 spiro atoms. The number of imidazole rings is 1. The number of rotatable bonds is 4. The summed E-state index contributed by atoms with van der Waals surface area (Å²) in [7, 11) is -1.44. The third kappa shape index (κ3) is 8.82. The normalized spacial score (nSPS) is 17.0. The zero-order valence-corrected chi connectivity index (χ0v) is 24.8. The fourth-order valence-electron chi connectivity index (χ4n) is 5.18. The number of hydrogen-bond acceptors (Lipinski definition) is 7. The summed E-state index contributed by atoms with van der Waals surface area (Å²) in [6.45, 7) is 3.55. The summed E-state index contributed by atoms with van der Waals surface area (Å²) in [5.41, 5.74) is 2.75. The van der Waals surface area contributed by atoms with E-state index in [0.29, 0.717) is 13.1 Å². The molecule has 2 N–H and O–H groups in total. The molecule has 12 nitrogen and oxygen atoms in total. The number of piperidine rings is 1. The number of sulfonamides is 1. The van der Waals surface area contributed by atoms with Crippen molar-refractivity contribution in [3.8, 4) is 11.3 Å². The molecule has 2 aromatic heterocycles. The van der Waals surface area contributed by atoms with Gasteiger partial charge in [0.2, 0.25) is 10.0 Å². The van der Waals surface area contributed by atoms with E-state index in [-0.39, 0.29) is 0 Å². The number of carboxylic acids is 2. The Balaban J connectivity index is 0.000000331. The molecule has 0 atom stereocenters. The number of aromatic nitrogens is 4. The highest BCUT2D eigenvalue weighted by Gasteiger charge is 2.50. The number of halogens is 6. The lowest BCUT2D eigenvalue weighted by Gasteiger charge is -2.49. The minimum atomic E-state index is -5.08. The van der Waals surface area contributed by atoms with E-state index < -0.39 is 39.9 Å². The van der Waals surface area contributed by atoms with Gasteiger partial charge in [-0.1, -0.05) is 30.3 Å². The van der Waals surface area contributed by atoms with Gasteiger partial charge in [0.25, 0.3) is 0 Å². The third-order valence-corrected chi connectivity index (χ3v) is 8.41. The van der Waals surface area contributed by atoms with Crippen molar-refractivity contribution in [2.75, 3.05) is 25.9 Å². The number of carboxylic acid groups (broad SMARTS) is 2. The lowest BCUT2D eigenvalue weighted by Crippen LogP contribution is -2.59. The highest BCUT2D eigenvalue weighted by atomic mass is 32.2. The number of aliphatic carboxylic acids is 2. The Morgan fingerprint density at radius 1 is 0.911 bits per heavy atom.